The van der Waals surface area contributed by atoms with Crippen LogP contribution in [0.3, 0.4) is 0 Å². The van der Waals surface area contributed by atoms with Crippen LogP contribution in [0.15, 0.2) is 61.6 Å². The lowest BCUT2D eigenvalue weighted by atomic mass is 10.1. The molecule has 0 aliphatic carbocycles. The van der Waals surface area contributed by atoms with E-state index in [1.807, 2.05) is 24.3 Å². The van der Waals surface area contributed by atoms with Crippen molar-refractivity contribution in [2.75, 3.05) is 23.7 Å². The molecule has 1 saturated heterocycles. The number of piperidine rings is 1. The molecule has 1 unspecified atom stereocenters. The molecule has 0 spiro atoms. The summed E-state index contributed by atoms with van der Waals surface area (Å²) in [5.41, 5.74) is 1.74. The fraction of sp³-hybridized carbons (Fsp3) is 0.238. The van der Waals surface area contributed by atoms with Crippen LogP contribution in [0, 0.1) is 0 Å². The average molecular weight is 402 g/mol. The summed E-state index contributed by atoms with van der Waals surface area (Å²) < 4.78 is 0. The molecule has 1 fully saturated rings. The largest absolute Gasteiger partial charge is 0.348 e. The molecular weight excluding hydrogens is 380 g/mol. The van der Waals surface area contributed by atoms with Crippen molar-refractivity contribution >= 4 is 23.4 Å². The first-order valence-corrected chi connectivity index (χ1v) is 9.73. The van der Waals surface area contributed by atoms with Crippen molar-refractivity contribution < 1.29 is 4.79 Å². The van der Waals surface area contributed by atoms with E-state index >= 15 is 0 Å². The van der Waals surface area contributed by atoms with Gasteiger partial charge in [0.25, 0.3) is 0 Å². The molecule has 0 saturated carbocycles. The number of likely N-dealkylation sites (tertiary alicyclic amines) is 1. The number of carbonyl (C=O) groups excluding carboxylic acids is 1. The highest BCUT2D eigenvalue weighted by molar-refractivity contribution is 5.87. The first-order valence-electron chi connectivity index (χ1n) is 9.73. The van der Waals surface area contributed by atoms with Crippen LogP contribution in [0.4, 0.5) is 17.5 Å². The molecule has 30 heavy (non-hydrogen) atoms. The standard InChI is InChI=1S/C21H22N8O/c1-2-19(30)29-11-4-8-17(14-29)26-21-27-18(13-24-28-21)25-16-7-3-6-15(12-16)20-22-9-5-10-23-20/h2-3,5-7,9-10,12-13,17H,1,4,8,11,14H2,(H2,25,26,27,28). The van der Waals surface area contributed by atoms with Gasteiger partial charge in [-0.2, -0.15) is 10.1 Å². The zero-order valence-electron chi connectivity index (χ0n) is 16.4. The van der Waals surface area contributed by atoms with E-state index < -0.39 is 0 Å². The van der Waals surface area contributed by atoms with Crippen molar-refractivity contribution in [3.8, 4) is 11.4 Å². The molecule has 2 aromatic heterocycles. The lowest BCUT2D eigenvalue weighted by Gasteiger charge is -2.32. The number of benzene rings is 1. The fourth-order valence-corrected chi connectivity index (χ4v) is 3.36. The van der Waals surface area contributed by atoms with Gasteiger partial charge in [0.05, 0.1) is 6.20 Å². The Bertz CT molecular complexity index is 1030. The highest BCUT2D eigenvalue weighted by Crippen LogP contribution is 2.22. The summed E-state index contributed by atoms with van der Waals surface area (Å²) in [7, 11) is 0. The third-order valence-corrected chi connectivity index (χ3v) is 4.76. The van der Waals surface area contributed by atoms with Gasteiger partial charge in [-0.15, -0.1) is 5.10 Å². The Morgan fingerprint density at radius 2 is 2.10 bits per heavy atom. The summed E-state index contributed by atoms with van der Waals surface area (Å²) in [5, 5.41) is 14.6. The summed E-state index contributed by atoms with van der Waals surface area (Å²) in [5.74, 6) is 1.58. The minimum Gasteiger partial charge on any atom is -0.348 e. The molecule has 1 amide bonds. The Hall–Kier alpha value is -3.88. The predicted molar refractivity (Wildman–Crippen MR) is 114 cm³/mol. The van der Waals surface area contributed by atoms with Gasteiger partial charge in [0.1, 0.15) is 0 Å². The molecule has 9 heteroatoms. The SMILES string of the molecule is C=CC(=O)N1CCCC(Nc2nncc(Nc3cccc(-c4ncccn4)c3)n2)C1. The minimum atomic E-state index is -0.0572. The van der Waals surface area contributed by atoms with E-state index in [1.165, 1.54) is 6.08 Å². The molecular formula is C21H22N8O. The molecule has 2 N–H and O–H groups in total. The zero-order chi connectivity index (χ0) is 20.8. The molecule has 1 aliphatic heterocycles. The van der Waals surface area contributed by atoms with Crippen LogP contribution in [0.2, 0.25) is 0 Å². The average Bonchev–Trinajstić information content (AvgIpc) is 2.80. The van der Waals surface area contributed by atoms with Crippen LogP contribution >= 0.6 is 0 Å². The smallest absolute Gasteiger partial charge is 0.246 e. The Labute approximate surface area is 174 Å². The van der Waals surface area contributed by atoms with E-state index in [4.69, 9.17) is 0 Å². The van der Waals surface area contributed by atoms with Gasteiger partial charge >= 0.3 is 0 Å². The zero-order valence-corrected chi connectivity index (χ0v) is 16.4. The molecule has 0 radical (unpaired) electrons. The quantitative estimate of drug-likeness (QED) is 0.606. The van der Waals surface area contributed by atoms with Gasteiger partial charge in [-0.3, -0.25) is 4.79 Å². The number of amides is 1. The summed E-state index contributed by atoms with van der Waals surface area (Å²) >= 11 is 0. The lowest BCUT2D eigenvalue weighted by Crippen LogP contribution is -2.44. The first-order chi connectivity index (χ1) is 14.7. The van der Waals surface area contributed by atoms with Crippen LogP contribution < -0.4 is 10.6 Å². The molecule has 4 rings (SSSR count). The molecule has 1 atom stereocenters. The summed E-state index contributed by atoms with van der Waals surface area (Å²) in [4.78, 5) is 26.7. The molecule has 1 aromatic carbocycles. The number of hydrogen-bond acceptors (Lipinski definition) is 8. The normalized spacial score (nSPS) is 16.0. The first kappa shape index (κ1) is 19.4. The minimum absolute atomic E-state index is 0.0572. The monoisotopic (exact) mass is 402 g/mol. The molecule has 3 aromatic rings. The van der Waals surface area contributed by atoms with Crippen LogP contribution in [-0.2, 0) is 4.79 Å². The Kier molecular flexibility index (Phi) is 5.88. The Morgan fingerprint density at radius 3 is 2.93 bits per heavy atom. The third kappa shape index (κ3) is 4.75. The van der Waals surface area contributed by atoms with Crippen molar-refractivity contribution in [3.63, 3.8) is 0 Å². The van der Waals surface area contributed by atoms with Crippen molar-refractivity contribution in [1.29, 1.82) is 0 Å². The number of hydrogen-bond donors (Lipinski definition) is 2. The number of carbonyl (C=O) groups is 1. The second-order valence-corrected chi connectivity index (χ2v) is 6.92. The van der Waals surface area contributed by atoms with E-state index in [2.05, 4.69) is 42.4 Å². The van der Waals surface area contributed by atoms with Crippen molar-refractivity contribution in [2.45, 2.75) is 18.9 Å². The highest BCUT2D eigenvalue weighted by atomic mass is 16.2. The van der Waals surface area contributed by atoms with Gasteiger partial charge in [0.15, 0.2) is 11.6 Å². The van der Waals surface area contributed by atoms with Gasteiger partial charge in [-0.1, -0.05) is 18.7 Å². The molecule has 9 nitrogen and oxygen atoms in total. The number of rotatable bonds is 6. The molecule has 152 valence electrons. The maximum atomic E-state index is 11.9. The highest BCUT2D eigenvalue weighted by Gasteiger charge is 2.22. The molecule has 1 aliphatic rings. The van der Waals surface area contributed by atoms with E-state index in [-0.39, 0.29) is 11.9 Å². The maximum absolute atomic E-state index is 11.9. The van der Waals surface area contributed by atoms with Crippen LogP contribution in [0.5, 0.6) is 0 Å². The summed E-state index contributed by atoms with van der Waals surface area (Å²) in [6.45, 7) is 4.89. The number of nitrogens with zero attached hydrogens (tertiary/aromatic N) is 6. The van der Waals surface area contributed by atoms with E-state index in [0.717, 1.165) is 30.6 Å². The predicted octanol–water partition coefficient (Wildman–Crippen LogP) is 2.66. The molecule has 0 bridgehead atoms. The second kappa shape index (κ2) is 9.08. The number of anilines is 3. The van der Waals surface area contributed by atoms with E-state index in [1.54, 1.807) is 29.6 Å². The number of nitrogens with one attached hydrogen (secondary N) is 2. The summed E-state index contributed by atoms with van der Waals surface area (Å²) in [6.07, 6.45) is 8.18. The Morgan fingerprint density at radius 1 is 1.23 bits per heavy atom. The van der Waals surface area contributed by atoms with Crippen molar-refractivity contribution in [2.24, 2.45) is 0 Å². The van der Waals surface area contributed by atoms with Crippen LogP contribution in [-0.4, -0.2) is 55.1 Å². The van der Waals surface area contributed by atoms with Gasteiger partial charge in [-0.25, -0.2) is 9.97 Å². The molecule has 3 heterocycles. The topological polar surface area (TPSA) is 109 Å². The maximum Gasteiger partial charge on any atom is 0.246 e. The van der Waals surface area contributed by atoms with Gasteiger partial charge in [-0.05, 0) is 37.1 Å². The second-order valence-electron chi connectivity index (χ2n) is 6.92. The van der Waals surface area contributed by atoms with Gasteiger partial charge in [0.2, 0.25) is 11.9 Å². The van der Waals surface area contributed by atoms with Gasteiger partial charge < -0.3 is 15.5 Å². The van der Waals surface area contributed by atoms with Crippen molar-refractivity contribution in [3.05, 3.63) is 61.6 Å². The summed E-state index contributed by atoms with van der Waals surface area (Å²) in [6, 6.07) is 9.61. The van der Waals surface area contributed by atoms with E-state index in [0.29, 0.717) is 24.1 Å². The fourth-order valence-electron chi connectivity index (χ4n) is 3.36. The van der Waals surface area contributed by atoms with Gasteiger partial charge in [0, 0.05) is 42.8 Å². The number of aromatic nitrogens is 5. The lowest BCUT2D eigenvalue weighted by molar-refractivity contribution is -0.127. The van der Waals surface area contributed by atoms with Crippen molar-refractivity contribution in [1.82, 2.24) is 30.0 Å². The van der Waals surface area contributed by atoms with Crippen LogP contribution in [0.1, 0.15) is 12.8 Å². The van der Waals surface area contributed by atoms with Crippen LogP contribution in [0.25, 0.3) is 11.4 Å². The van der Waals surface area contributed by atoms with E-state index in [9.17, 15) is 4.79 Å². The third-order valence-electron chi connectivity index (χ3n) is 4.76. The Balaban J connectivity index is 1.44.